The number of carboxylic acids is 1. The lowest BCUT2D eigenvalue weighted by Crippen LogP contribution is -2.48. The highest BCUT2D eigenvalue weighted by Gasteiger charge is 2.33. The minimum Gasteiger partial charge on any atom is -0.480 e. The monoisotopic (exact) mass is 229 g/mol. The van der Waals surface area contributed by atoms with Crippen LogP contribution in [0.2, 0.25) is 0 Å². The molecule has 0 spiro atoms. The van der Waals surface area contributed by atoms with Crippen LogP contribution in [0.5, 0.6) is 0 Å². The highest BCUT2D eigenvalue weighted by atomic mass is 19.1. The van der Waals surface area contributed by atoms with Gasteiger partial charge in [0.1, 0.15) is 17.2 Å². The van der Waals surface area contributed by atoms with E-state index in [0.717, 1.165) is 12.1 Å². The molecule has 16 heavy (non-hydrogen) atoms. The van der Waals surface area contributed by atoms with E-state index in [1.807, 2.05) is 0 Å². The number of benzene rings is 1. The summed E-state index contributed by atoms with van der Waals surface area (Å²) in [5, 5.41) is 8.98. The SMILES string of the molecule is CN(c1ccc(F)cc1F)C(C)(C)C(=O)O. The molecule has 0 amide bonds. The third kappa shape index (κ3) is 2.13. The number of aliphatic carboxylic acids is 1. The first-order valence-electron chi connectivity index (χ1n) is 4.69. The molecule has 0 unspecified atom stereocenters. The van der Waals surface area contributed by atoms with E-state index >= 15 is 0 Å². The summed E-state index contributed by atoms with van der Waals surface area (Å²) in [5.41, 5.74) is -1.22. The Morgan fingerprint density at radius 2 is 1.94 bits per heavy atom. The van der Waals surface area contributed by atoms with Crippen LogP contribution in [0.1, 0.15) is 13.8 Å². The molecule has 88 valence electrons. The summed E-state index contributed by atoms with van der Waals surface area (Å²) in [6.45, 7) is 2.89. The van der Waals surface area contributed by atoms with Gasteiger partial charge in [-0.1, -0.05) is 0 Å². The van der Waals surface area contributed by atoms with Gasteiger partial charge in [0.2, 0.25) is 0 Å². The quantitative estimate of drug-likeness (QED) is 0.864. The minimum absolute atomic E-state index is 0.0498. The Morgan fingerprint density at radius 3 is 2.38 bits per heavy atom. The average molecular weight is 229 g/mol. The van der Waals surface area contributed by atoms with Gasteiger partial charge in [-0.05, 0) is 26.0 Å². The molecular formula is C11H13F2NO2. The molecule has 0 fully saturated rings. The summed E-state index contributed by atoms with van der Waals surface area (Å²) < 4.78 is 26.1. The molecule has 0 bridgehead atoms. The Labute approximate surface area is 92.3 Å². The van der Waals surface area contributed by atoms with E-state index in [-0.39, 0.29) is 5.69 Å². The Kier molecular flexibility index (Phi) is 3.16. The maximum absolute atomic E-state index is 13.4. The number of likely N-dealkylation sites (N-methyl/N-ethyl adjacent to an activating group) is 1. The Bertz CT molecular complexity index is 418. The molecule has 0 aliphatic rings. The number of rotatable bonds is 3. The van der Waals surface area contributed by atoms with Gasteiger partial charge in [0.15, 0.2) is 0 Å². The van der Waals surface area contributed by atoms with Crippen molar-refractivity contribution < 1.29 is 18.7 Å². The van der Waals surface area contributed by atoms with E-state index in [4.69, 9.17) is 5.11 Å². The van der Waals surface area contributed by atoms with Gasteiger partial charge < -0.3 is 10.0 Å². The smallest absolute Gasteiger partial charge is 0.328 e. The van der Waals surface area contributed by atoms with Crippen molar-refractivity contribution in [3.05, 3.63) is 29.8 Å². The van der Waals surface area contributed by atoms with Gasteiger partial charge in [-0.25, -0.2) is 13.6 Å². The molecule has 1 rings (SSSR count). The van der Waals surface area contributed by atoms with Crippen molar-refractivity contribution in [3.8, 4) is 0 Å². The van der Waals surface area contributed by atoms with Crippen molar-refractivity contribution in [2.45, 2.75) is 19.4 Å². The lowest BCUT2D eigenvalue weighted by Gasteiger charge is -2.33. The molecular weight excluding hydrogens is 216 g/mol. The number of carbonyl (C=O) groups is 1. The second-order valence-corrected chi connectivity index (χ2v) is 4.02. The molecule has 1 aromatic rings. The molecule has 1 aromatic carbocycles. The number of nitrogens with zero attached hydrogens (tertiary/aromatic N) is 1. The zero-order valence-electron chi connectivity index (χ0n) is 9.29. The number of carboxylic acid groups (broad SMARTS) is 1. The van der Waals surface area contributed by atoms with Crippen molar-refractivity contribution in [3.63, 3.8) is 0 Å². The van der Waals surface area contributed by atoms with Crippen LogP contribution < -0.4 is 4.90 Å². The molecule has 0 aliphatic carbocycles. The van der Waals surface area contributed by atoms with E-state index in [9.17, 15) is 13.6 Å². The van der Waals surface area contributed by atoms with E-state index in [2.05, 4.69) is 0 Å². The third-order valence-electron chi connectivity index (χ3n) is 2.63. The molecule has 3 nitrogen and oxygen atoms in total. The summed E-state index contributed by atoms with van der Waals surface area (Å²) in [5.74, 6) is -2.56. The molecule has 0 radical (unpaired) electrons. The highest BCUT2D eigenvalue weighted by Crippen LogP contribution is 2.25. The number of hydrogen-bond acceptors (Lipinski definition) is 2. The van der Waals surface area contributed by atoms with Crippen LogP contribution in [-0.4, -0.2) is 23.7 Å². The van der Waals surface area contributed by atoms with Crippen LogP contribution in [0.25, 0.3) is 0 Å². The van der Waals surface area contributed by atoms with Crippen LogP contribution in [0, 0.1) is 11.6 Å². The first-order chi connectivity index (χ1) is 7.26. The van der Waals surface area contributed by atoms with Crippen LogP contribution in [0.4, 0.5) is 14.5 Å². The summed E-state index contributed by atoms with van der Waals surface area (Å²) in [4.78, 5) is 12.2. The average Bonchev–Trinajstić information content (AvgIpc) is 2.16. The number of hydrogen-bond donors (Lipinski definition) is 1. The van der Waals surface area contributed by atoms with Crippen molar-refractivity contribution in [1.29, 1.82) is 0 Å². The second kappa shape index (κ2) is 4.08. The lowest BCUT2D eigenvalue weighted by molar-refractivity contribution is -0.142. The van der Waals surface area contributed by atoms with Gasteiger partial charge >= 0.3 is 5.97 Å². The van der Waals surface area contributed by atoms with Crippen molar-refractivity contribution >= 4 is 11.7 Å². The largest absolute Gasteiger partial charge is 0.480 e. The minimum atomic E-state index is -1.27. The number of halogens is 2. The Morgan fingerprint density at radius 1 is 1.38 bits per heavy atom. The van der Waals surface area contributed by atoms with Crippen LogP contribution in [0.3, 0.4) is 0 Å². The van der Waals surface area contributed by atoms with Crippen LogP contribution in [-0.2, 0) is 4.79 Å². The van der Waals surface area contributed by atoms with Crippen molar-refractivity contribution in [2.75, 3.05) is 11.9 Å². The summed E-state index contributed by atoms with van der Waals surface area (Å²) in [6, 6.07) is 3.03. The molecule has 5 heteroatoms. The summed E-state index contributed by atoms with van der Waals surface area (Å²) in [6.07, 6.45) is 0. The first-order valence-corrected chi connectivity index (χ1v) is 4.69. The fourth-order valence-electron chi connectivity index (χ4n) is 1.20. The van der Waals surface area contributed by atoms with E-state index in [1.54, 1.807) is 0 Å². The van der Waals surface area contributed by atoms with Gasteiger partial charge in [-0.3, -0.25) is 0 Å². The third-order valence-corrected chi connectivity index (χ3v) is 2.63. The summed E-state index contributed by atoms with van der Waals surface area (Å²) in [7, 11) is 1.45. The van der Waals surface area contributed by atoms with E-state index < -0.39 is 23.1 Å². The first kappa shape index (κ1) is 12.4. The Hall–Kier alpha value is -1.65. The maximum Gasteiger partial charge on any atom is 0.328 e. The number of anilines is 1. The zero-order chi connectivity index (χ0) is 12.5. The van der Waals surface area contributed by atoms with E-state index in [1.165, 1.54) is 31.9 Å². The molecule has 0 heterocycles. The zero-order valence-corrected chi connectivity index (χ0v) is 9.29. The normalized spacial score (nSPS) is 11.3. The molecule has 0 saturated heterocycles. The molecule has 0 aromatic heterocycles. The van der Waals surface area contributed by atoms with Crippen molar-refractivity contribution in [2.24, 2.45) is 0 Å². The molecule has 0 atom stereocenters. The lowest BCUT2D eigenvalue weighted by atomic mass is 10.0. The highest BCUT2D eigenvalue weighted by molar-refractivity contribution is 5.82. The fourth-order valence-corrected chi connectivity index (χ4v) is 1.20. The topological polar surface area (TPSA) is 40.5 Å². The molecule has 0 aliphatic heterocycles. The maximum atomic E-state index is 13.4. The molecule has 0 saturated carbocycles. The predicted octanol–water partition coefficient (Wildman–Crippen LogP) is 2.26. The van der Waals surface area contributed by atoms with Gasteiger partial charge in [0.05, 0.1) is 5.69 Å². The Balaban J connectivity index is 3.14. The standard InChI is InChI=1S/C11H13F2NO2/c1-11(2,10(15)16)14(3)9-5-4-7(12)6-8(9)13/h4-6H,1-3H3,(H,15,16). The fraction of sp³-hybridized carbons (Fsp3) is 0.364. The van der Waals surface area contributed by atoms with Crippen LogP contribution in [0.15, 0.2) is 18.2 Å². The molecule has 1 N–H and O–H groups in total. The van der Waals surface area contributed by atoms with Crippen LogP contribution >= 0.6 is 0 Å². The van der Waals surface area contributed by atoms with Gasteiger partial charge in [0.25, 0.3) is 0 Å². The van der Waals surface area contributed by atoms with Crippen molar-refractivity contribution in [1.82, 2.24) is 0 Å². The van der Waals surface area contributed by atoms with E-state index in [0.29, 0.717) is 0 Å². The van der Waals surface area contributed by atoms with Gasteiger partial charge in [0, 0.05) is 13.1 Å². The summed E-state index contributed by atoms with van der Waals surface area (Å²) >= 11 is 0. The van der Waals surface area contributed by atoms with Gasteiger partial charge in [-0.2, -0.15) is 0 Å². The second-order valence-electron chi connectivity index (χ2n) is 4.02. The van der Waals surface area contributed by atoms with Gasteiger partial charge in [-0.15, -0.1) is 0 Å². The predicted molar refractivity (Wildman–Crippen MR) is 56.5 cm³/mol.